The molecule has 0 amide bonds. The molecule has 0 bridgehead atoms. The van der Waals surface area contributed by atoms with Gasteiger partial charge in [-0.15, -0.1) is 0 Å². The van der Waals surface area contributed by atoms with Crippen LogP contribution in [-0.4, -0.2) is 26.9 Å². The van der Waals surface area contributed by atoms with Gasteiger partial charge in [-0.2, -0.15) is 0 Å². The van der Waals surface area contributed by atoms with E-state index in [1.165, 1.54) is 6.08 Å². The quantitative estimate of drug-likeness (QED) is 0.544. The normalized spacial score (nSPS) is 11.9. The minimum atomic E-state index is -0.136. The molecule has 1 unspecified atom stereocenters. The second-order valence-electron chi connectivity index (χ2n) is 3.29. The Morgan fingerprint density at radius 3 is 2.75 bits per heavy atom. The molecule has 1 aromatic carbocycles. The van der Waals surface area contributed by atoms with E-state index in [9.17, 15) is 4.79 Å². The first-order valence-electron chi connectivity index (χ1n) is 4.96. The summed E-state index contributed by atoms with van der Waals surface area (Å²) in [7, 11) is 3.25. The molecule has 0 aliphatic heterocycles. The van der Waals surface area contributed by atoms with Gasteiger partial charge in [0.05, 0.1) is 13.2 Å². The van der Waals surface area contributed by atoms with Crippen LogP contribution in [0.4, 0.5) is 0 Å². The molecule has 0 saturated heterocycles. The topological polar surface area (TPSA) is 47.9 Å². The smallest absolute Gasteiger partial charge is 0.235 e. The van der Waals surface area contributed by atoms with Gasteiger partial charge in [-0.05, 0) is 11.1 Å². The highest BCUT2D eigenvalue weighted by molar-refractivity contribution is 5.35. The van der Waals surface area contributed by atoms with Gasteiger partial charge in [-0.3, -0.25) is 0 Å². The molecule has 4 heteroatoms. The van der Waals surface area contributed by atoms with E-state index < -0.39 is 0 Å². The summed E-state index contributed by atoms with van der Waals surface area (Å²) < 4.78 is 10.4. The lowest BCUT2D eigenvalue weighted by Crippen LogP contribution is -2.10. The Hall–Kier alpha value is -1.48. The van der Waals surface area contributed by atoms with Gasteiger partial charge in [0.1, 0.15) is 6.10 Å². The minimum absolute atomic E-state index is 0.136. The SMILES string of the molecule is COCC(OC)c1ccccc1CN=C=O. The van der Waals surface area contributed by atoms with Crippen molar-refractivity contribution in [1.29, 1.82) is 0 Å². The number of rotatable bonds is 6. The molecular formula is C12H15NO3. The lowest BCUT2D eigenvalue weighted by molar-refractivity contribution is 0.0270. The zero-order valence-corrected chi connectivity index (χ0v) is 9.47. The van der Waals surface area contributed by atoms with Gasteiger partial charge in [-0.25, -0.2) is 9.79 Å². The maximum Gasteiger partial charge on any atom is 0.235 e. The van der Waals surface area contributed by atoms with E-state index in [0.29, 0.717) is 13.2 Å². The van der Waals surface area contributed by atoms with E-state index in [-0.39, 0.29) is 6.10 Å². The number of nitrogens with zero attached hydrogens (tertiary/aromatic N) is 1. The highest BCUT2D eigenvalue weighted by Gasteiger charge is 2.13. The highest BCUT2D eigenvalue weighted by atomic mass is 16.5. The predicted molar refractivity (Wildman–Crippen MR) is 59.9 cm³/mol. The van der Waals surface area contributed by atoms with Gasteiger partial charge in [0.15, 0.2) is 0 Å². The zero-order chi connectivity index (χ0) is 11.8. The summed E-state index contributed by atoms with van der Waals surface area (Å²) in [6.45, 7) is 0.793. The third-order valence-corrected chi connectivity index (χ3v) is 2.32. The minimum Gasteiger partial charge on any atom is -0.382 e. The van der Waals surface area contributed by atoms with Crippen molar-refractivity contribution in [3.8, 4) is 0 Å². The molecule has 0 heterocycles. The standard InChI is InChI=1S/C12H15NO3/c1-15-8-12(16-2)11-6-4-3-5-10(11)7-13-9-14/h3-6,12H,7-8H2,1-2H3. The molecule has 0 spiro atoms. The first-order chi connectivity index (χ1) is 7.83. The van der Waals surface area contributed by atoms with E-state index in [1.54, 1.807) is 14.2 Å². The predicted octanol–water partition coefficient (Wildman–Crippen LogP) is 1.86. The van der Waals surface area contributed by atoms with Crippen LogP contribution in [0.3, 0.4) is 0 Å². The molecule has 16 heavy (non-hydrogen) atoms. The van der Waals surface area contributed by atoms with E-state index in [2.05, 4.69) is 4.99 Å². The van der Waals surface area contributed by atoms with Crippen molar-refractivity contribution >= 4 is 6.08 Å². The third-order valence-electron chi connectivity index (χ3n) is 2.32. The van der Waals surface area contributed by atoms with Gasteiger partial charge in [0.25, 0.3) is 0 Å². The molecule has 4 nitrogen and oxygen atoms in total. The van der Waals surface area contributed by atoms with Crippen LogP contribution in [0.25, 0.3) is 0 Å². The van der Waals surface area contributed by atoms with Gasteiger partial charge >= 0.3 is 0 Å². The maximum atomic E-state index is 10.1. The van der Waals surface area contributed by atoms with Crippen LogP contribution in [0, 0.1) is 0 Å². The molecule has 1 aromatic rings. The Kier molecular flexibility index (Phi) is 5.43. The summed E-state index contributed by atoms with van der Waals surface area (Å²) in [5.74, 6) is 0. The van der Waals surface area contributed by atoms with Gasteiger partial charge in [0.2, 0.25) is 6.08 Å². The summed E-state index contributed by atoms with van der Waals surface area (Å²) in [6.07, 6.45) is 1.40. The molecule has 0 N–H and O–H groups in total. The monoisotopic (exact) mass is 221 g/mol. The Morgan fingerprint density at radius 2 is 2.12 bits per heavy atom. The molecule has 0 saturated carbocycles. The number of hydrogen-bond donors (Lipinski definition) is 0. The Labute approximate surface area is 94.9 Å². The zero-order valence-electron chi connectivity index (χ0n) is 9.47. The number of benzene rings is 1. The van der Waals surface area contributed by atoms with Crippen molar-refractivity contribution in [1.82, 2.24) is 0 Å². The van der Waals surface area contributed by atoms with Crippen LogP contribution in [0.15, 0.2) is 29.3 Å². The van der Waals surface area contributed by atoms with Crippen LogP contribution in [0.5, 0.6) is 0 Å². The molecule has 0 radical (unpaired) electrons. The van der Waals surface area contributed by atoms with Gasteiger partial charge in [0, 0.05) is 14.2 Å². The molecule has 0 aromatic heterocycles. The highest BCUT2D eigenvalue weighted by Crippen LogP contribution is 2.21. The van der Waals surface area contributed by atoms with Crippen molar-refractivity contribution in [2.24, 2.45) is 4.99 Å². The summed E-state index contributed by atoms with van der Waals surface area (Å²) in [6, 6.07) is 7.69. The number of aliphatic imine (C=N–C) groups is 1. The van der Waals surface area contributed by atoms with Crippen molar-refractivity contribution in [2.75, 3.05) is 20.8 Å². The molecule has 1 rings (SSSR count). The molecule has 1 atom stereocenters. The summed E-state index contributed by atoms with van der Waals surface area (Å²) in [5.41, 5.74) is 1.95. The fourth-order valence-electron chi connectivity index (χ4n) is 1.55. The number of hydrogen-bond acceptors (Lipinski definition) is 4. The lowest BCUT2D eigenvalue weighted by Gasteiger charge is -2.17. The first kappa shape index (κ1) is 12.6. The van der Waals surface area contributed by atoms with Crippen molar-refractivity contribution in [2.45, 2.75) is 12.6 Å². The van der Waals surface area contributed by atoms with Crippen LogP contribution in [0.2, 0.25) is 0 Å². The molecule has 0 aliphatic rings. The van der Waals surface area contributed by atoms with Crippen molar-refractivity contribution in [3.05, 3.63) is 35.4 Å². The molecule has 0 aliphatic carbocycles. The number of carbonyl (C=O) groups excluding carboxylic acids is 1. The van der Waals surface area contributed by atoms with Crippen LogP contribution < -0.4 is 0 Å². The second kappa shape index (κ2) is 6.90. The average molecular weight is 221 g/mol. The molecule has 0 fully saturated rings. The van der Waals surface area contributed by atoms with E-state index in [1.807, 2.05) is 24.3 Å². The Bertz CT molecular complexity index is 372. The van der Waals surface area contributed by atoms with Crippen molar-refractivity contribution < 1.29 is 14.3 Å². The van der Waals surface area contributed by atoms with Crippen molar-refractivity contribution in [3.63, 3.8) is 0 Å². The van der Waals surface area contributed by atoms with E-state index >= 15 is 0 Å². The number of methoxy groups -OCH3 is 2. The summed E-state index contributed by atoms with van der Waals surface area (Å²) >= 11 is 0. The summed E-state index contributed by atoms with van der Waals surface area (Å²) in [4.78, 5) is 13.7. The fraction of sp³-hybridized carbons (Fsp3) is 0.417. The third kappa shape index (κ3) is 3.28. The lowest BCUT2D eigenvalue weighted by atomic mass is 10.0. The fourth-order valence-corrected chi connectivity index (χ4v) is 1.55. The van der Waals surface area contributed by atoms with Crippen LogP contribution >= 0.6 is 0 Å². The molecular weight excluding hydrogens is 206 g/mol. The van der Waals surface area contributed by atoms with Gasteiger partial charge in [-0.1, -0.05) is 24.3 Å². The largest absolute Gasteiger partial charge is 0.382 e. The van der Waals surface area contributed by atoms with E-state index in [0.717, 1.165) is 11.1 Å². The number of ether oxygens (including phenoxy) is 2. The maximum absolute atomic E-state index is 10.1. The van der Waals surface area contributed by atoms with Gasteiger partial charge < -0.3 is 9.47 Å². The second-order valence-corrected chi connectivity index (χ2v) is 3.29. The summed E-state index contributed by atoms with van der Waals surface area (Å²) in [5, 5.41) is 0. The van der Waals surface area contributed by atoms with Crippen LogP contribution in [-0.2, 0) is 20.8 Å². The number of isocyanates is 1. The average Bonchev–Trinajstić information content (AvgIpc) is 2.34. The first-order valence-corrected chi connectivity index (χ1v) is 4.96. The molecule has 86 valence electrons. The Morgan fingerprint density at radius 1 is 1.38 bits per heavy atom. The Balaban J connectivity index is 2.95. The van der Waals surface area contributed by atoms with Crippen LogP contribution in [0.1, 0.15) is 17.2 Å². The van der Waals surface area contributed by atoms with E-state index in [4.69, 9.17) is 9.47 Å².